The van der Waals surface area contributed by atoms with Gasteiger partial charge in [0.2, 0.25) is 0 Å². The van der Waals surface area contributed by atoms with Crippen LogP contribution in [-0.4, -0.2) is 41.4 Å². The van der Waals surface area contributed by atoms with Crippen LogP contribution in [0.4, 0.5) is 13.2 Å². The third-order valence-corrected chi connectivity index (χ3v) is 4.09. The number of amides is 1. The van der Waals surface area contributed by atoms with Crippen molar-refractivity contribution in [3.05, 3.63) is 35.9 Å². The monoisotopic (exact) mass is 345 g/mol. The molecule has 1 aromatic rings. The highest BCUT2D eigenvalue weighted by Gasteiger charge is 2.62. The lowest BCUT2D eigenvalue weighted by Gasteiger charge is -2.38. The SMILES string of the molecule is CC(C)C1(c2ccccc2)C(=O)N(C)C(N)N1OC(=O)C(F)(F)F. The molecule has 1 aromatic carbocycles. The number of rotatable bonds is 3. The number of hydroxylamine groups is 2. The molecule has 1 fully saturated rings. The Morgan fingerprint density at radius 2 is 1.83 bits per heavy atom. The van der Waals surface area contributed by atoms with Crippen molar-refractivity contribution in [1.29, 1.82) is 0 Å². The number of nitrogens with two attached hydrogens (primary N) is 1. The minimum atomic E-state index is -5.21. The Hall–Kier alpha value is -2.13. The first-order valence-corrected chi connectivity index (χ1v) is 7.21. The summed E-state index contributed by atoms with van der Waals surface area (Å²) in [6.07, 6.45) is -6.55. The molecule has 0 saturated carbocycles. The molecule has 0 aliphatic carbocycles. The average molecular weight is 345 g/mol. The van der Waals surface area contributed by atoms with Gasteiger partial charge < -0.3 is 9.74 Å². The summed E-state index contributed by atoms with van der Waals surface area (Å²) in [5, 5.41) is 0.644. The molecule has 0 aromatic heterocycles. The lowest BCUT2D eigenvalue weighted by atomic mass is 9.79. The van der Waals surface area contributed by atoms with Crippen molar-refractivity contribution in [2.24, 2.45) is 11.7 Å². The molecular weight excluding hydrogens is 327 g/mol. The van der Waals surface area contributed by atoms with E-state index in [1.54, 1.807) is 44.2 Å². The minimum Gasteiger partial charge on any atom is -0.356 e. The average Bonchev–Trinajstić information content (AvgIpc) is 2.70. The van der Waals surface area contributed by atoms with E-state index in [2.05, 4.69) is 4.84 Å². The maximum atomic E-state index is 12.9. The number of hydrogen-bond donors (Lipinski definition) is 1. The molecule has 6 nitrogen and oxygen atoms in total. The quantitative estimate of drug-likeness (QED) is 0.900. The summed E-state index contributed by atoms with van der Waals surface area (Å²) in [5.74, 6) is -3.50. The van der Waals surface area contributed by atoms with Crippen LogP contribution in [0.5, 0.6) is 0 Å². The van der Waals surface area contributed by atoms with E-state index in [4.69, 9.17) is 5.73 Å². The number of carbonyl (C=O) groups is 2. The lowest BCUT2D eigenvalue weighted by Crippen LogP contribution is -2.55. The summed E-state index contributed by atoms with van der Waals surface area (Å²) < 4.78 is 37.9. The summed E-state index contributed by atoms with van der Waals surface area (Å²) in [7, 11) is 1.34. The van der Waals surface area contributed by atoms with Gasteiger partial charge in [0.25, 0.3) is 5.91 Å². The van der Waals surface area contributed by atoms with Crippen LogP contribution in [0.3, 0.4) is 0 Å². The molecule has 2 rings (SSSR count). The van der Waals surface area contributed by atoms with E-state index in [1.807, 2.05) is 0 Å². The summed E-state index contributed by atoms with van der Waals surface area (Å²) in [6, 6.07) is 8.14. The number of halogens is 3. The van der Waals surface area contributed by atoms with Gasteiger partial charge in [0.15, 0.2) is 11.8 Å². The van der Waals surface area contributed by atoms with Crippen molar-refractivity contribution in [2.75, 3.05) is 7.05 Å². The van der Waals surface area contributed by atoms with Gasteiger partial charge >= 0.3 is 12.1 Å². The fourth-order valence-electron chi connectivity index (χ4n) is 2.89. The molecule has 1 aliphatic heterocycles. The van der Waals surface area contributed by atoms with Gasteiger partial charge in [-0.2, -0.15) is 13.2 Å². The maximum Gasteiger partial charge on any atom is 0.492 e. The smallest absolute Gasteiger partial charge is 0.356 e. The standard InChI is InChI=1S/C15H18F3N3O3/c1-9(2)14(10-7-5-4-6-8-10)11(22)20(3)13(19)21(14)24-12(23)15(16,17)18/h4-9,13H,19H2,1-3H3. The minimum absolute atomic E-state index is 0.389. The first-order chi connectivity index (χ1) is 11.0. The molecular formula is C15H18F3N3O3. The fraction of sp³-hybridized carbons (Fsp3) is 0.467. The van der Waals surface area contributed by atoms with E-state index in [1.165, 1.54) is 7.05 Å². The zero-order valence-electron chi connectivity index (χ0n) is 13.4. The molecule has 0 bridgehead atoms. The zero-order valence-corrected chi connectivity index (χ0v) is 13.4. The van der Waals surface area contributed by atoms with Crippen LogP contribution in [0.1, 0.15) is 19.4 Å². The van der Waals surface area contributed by atoms with Gasteiger partial charge in [0.1, 0.15) is 0 Å². The second-order valence-electron chi connectivity index (χ2n) is 5.82. The van der Waals surface area contributed by atoms with Crippen molar-refractivity contribution in [2.45, 2.75) is 31.9 Å². The molecule has 9 heteroatoms. The van der Waals surface area contributed by atoms with Crippen molar-refractivity contribution in [3.8, 4) is 0 Å². The largest absolute Gasteiger partial charge is 0.492 e. The molecule has 1 saturated heterocycles. The zero-order chi connectivity index (χ0) is 18.3. The molecule has 24 heavy (non-hydrogen) atoms. The van der Waals surface area contributed by atoms with Crippen LogP contribution in [0.2, 0.25) is 0 Å². The molecule has 1 aliphatic rings. The highest BCUT2D eigenvalue weighted by atomic mass is 19.4. The molecule has 2 atom stereocenters. The number of benzene rings is 1. The highest BCUT2D eigenvalue weighted by Crippen LogP contribution is 2.44. The van der Waals surface area contributed by atoms with Gasteiger partial charge in [0, 0.05) is 7.05 Å². The number of alkyl halides is 3. The van der Waals surface area contributed by atoms with Crippen molar-refractivity contribution >= 4 is 11.9 Å². The van der Waals surface area contributed by atoms with Crippen LogP contribution < -0.4 is 5.73 Å². The number of carbonyl (C=O) groups excluding carboxylic acids is 2. The van der Waals surface area contributed by atoms with Gasteiger partial charge in [-0.15, -0.1) is 0 Å². The first kappa shape index (κ1) is 18.2. The van der Waals surface area contributed by atoms with Gasteiger partial charge in [-0.25, -0.2) is 4.79 Å². The Kier molecular flexibility index (Phi) is 4.60. The Balaban J connectivity index is 2.60. The topological polar surface area (TPSA) is 75.9 Å². The van der Waals surface area contributed by atoms with Gasteiger partial charge in [-0.05, 0) is 11.5 Å². The molecule has 0 spiro atoms. The Morgan fingerprint density at radius 3 is 2.29 bits per heavy atom. The number of nitrogens with zero attached hydrogens (tertiary/aromatic N) is 2. The van der Waals surface area contributed by atoms with E-state index < -0.39 is 35.8 Å². The predicted octanol–water partition coefficient (Wildman–Crippen LogP) is 1.57. The molecule has 2 N–H and O–H groups in total. The van der Waals surface area contributed by atoms with Crippen LogP contribution >= 0.6 is 0 Å². The fourth-order valence-corrected chi connectivity index (χ4v) is 2.89. The van der Waals surface area contributed by atoms with Crippen LogP contribution in [-0.2, 0) is 20.0 Å². The predicted molar refractivity (Wildman–Crippen MR) is 77.7 cm³/mol. The number of likely N-dealkylation sites (N-methyl/N-ethyl adjacent to an activating group) is 1. The highest BCUT2D eigenvalue weighted by molar-refractivity contribution is 5.90. The second-order valence-corrected chi connectivity index (χ2v) is 5.82. The summed E-state index contributed by atoms with van der Waals surface area (Å²) >= 11 is 0. The third kappa shape index (κ3) is 2.63. The molecule has 132 valence electrons. The Bertz CT molecular complexity index is 636. The van der Waals surface area contributed by atoms with Gasteiger partial charge in [-0.1, -0.05) is 49.2 Å². The third-order valence-electron chi connectivity index (χ3n) is 4.09. The molecule has 1 heterocycles. The first-order valence-electron chi connectivity index (χ1n) is 7.21. The van der Waals surface area contributed by atoms with Crippen LogP contribution in [0.15, 0.2) is 30.3 Å². The van der Waals surface area contributed by atoms with E-state index in [0.29, 0.717) is 10.6 Å². The summed E-state index contributed by atoms with van der Waals surface area (Å²) in [6.45, 7) is 3.29. The van der Waals surface area contributed by atoms with Crippen LogP contribution in [0.25, 0.3) is 0 Å². The maximum absolute atomic E-state index is 12.9. The van der Waals surface area contributed by atoms with E-state index in [0.717, 1.165) is 4.90 Å². The number of hydrogen-bond acceptors (Lipinski definition) is 5. The molecule has 0 radical (unpaired) electrons. The second kappa shape index (κ2) is 6.06. The Labute approximate surface area is 136 Å². The van der Waals surface area contributed by atoms with Gasteiger partial charge in [-0.3, -0.25) is 10.5 Å². The van der Waals surface area contributed by atoms with E-state index in [9.17, 15) is 22.8 Å². The normalized spacial score (nSPS) is 25.4. The lowest BCUT2D eigenvalue weighted by molar-refractivity contribution is -0.269. The van der Waals surface area contributed by atoms with Crippen molar-refractivity contribution < 1.29 is 27.6 Å². The van der Waals surface area contributed by atoms with Crippen molar-refractivity contribution in [3.63, 3.8) is 0 Å². The van der Waals surface area contributed by atoms with E-state index >= 15 is 0 Å². The van der Waals surface area contributed by atoms with Crippen LogP contribution in [0, 0.1) is 5.92 Å². The molecule has 2 unspecified atom stereocenters. The summed E-state index contributed by atoms with van der Waals surface area (Å²) in [5.41, 5.74) is 4.59. The van der Waals surface area contributed by atoms with Crippen molar-refractivity contribution in [1.82, 2.24) is 9.96 Å². The molecule has 1 amide bonds. The summed E-state index contributed by atoms with van der Waals surface area (Å²) in [4.78, 5) is 29.8. The van der Waals surface area contributed by atoms with E-state index in [-0.39, 0.29) is 0 Å². The Morgan fingerprint density at radius 1 is 1.29 bits per heavy atom. The van der Waals surface area contributed by atoms with Gasteiger partial charge in [0.05, 0.1) is 0 Å².